The molecule has 0 aromatic rings. The van der Waals surface area contributed by atoms with Gasteiger partial charge in [0.25, 0.3) is 0 Å². The third-order valence-corrected chi connectivity index (χ3v) is 2.65. The zero-order valence-corrected chi connectivity index (χ0v) is 6.83. The van der Waals surface area contributed by atoms with Gasteiger partial charge in [0, 0.05) is 17.3 Å². The molecular formula is C7H9N3O3. The molecule has 0 aromatic carbocycles. The molecule has 0 radical (unpaired) electrons. The molecule has 2 rings (SSSR count). The average Bonchev–Trinajstić information content (AvgIpc) is 2.52. The molecule has 1 aliphatic heterocycles. The van der Waals surface area contributed by atoms with Crippen molar-refractivity contribution >= 4 is 5.97 Å². The van der Waals surface area contributed by atoms with Crippen molar-refractivity contribution in [1.29, 1.82) is 0 Å². The Morgan fingerprint density at radius 2 is 2.46 bits per heavy atom. The van der Waals surface area contributed by atoms with Crippen LogP contribution >= 0.6 is 0 Å². The van der Waals surface area contributed by atoms with Crippen molar-refractivity contribution in [3.63, 3.8) is 0 Å². The van der Waals surface area contributed by atoms with Gasteiger partial charge in [-0.05, 0) is 5.53 Å². The van der Waals surface area contributed by atoms with E-state index in [0.29, 0.717) is 6.42 Å². The number of nitrogens with zero attached hydrogens (tertiary/aromatic N) is 3. The first kappa shape index (κ1) is 8.34. The average molecular weight is 183 g/mol. The van der Waals surface area contributed by atoms with Crippen LogP contribution in [0, 0.1) is 5.92 Å². The third-order valence-electron chi connectivity index (χ3n) is 2.65. The van der Waals surface area contributed by atoms with Gasteiger partial charge in [0.05, 0.1) is 18.6 Å². The van der Waals surface area contributed by atoms with Crippen LogP contribution in [0.25, 0.3) is 10.4 Å². The molecule has 2 fully saturated rings. The predicted octanol–water partition coefficient (Wildman–Crippen LogP) is 0.362. The van der Waals surface area contributed by atoms with E-state index in [1.165, 1.54) is 0 Å². The topological polar surface area (TPSA) is 95.3 Å². The molecule has 0 amide bonds. The highest BCUT2D eigenvalue weighted by Crippen LogP contribution is 2.38. The van der Waals surface area contributed by atoms with Crippen molar-refractivity contribution in [1.82, 2.24) is 0 Å². The number of esters is 1. The molecule has 0 aromatic heterocycles. The Kier molecular flexibility index (Phi) is 1.86. The fraction of sp³-hybridized carbons (Fsp3) is 0.857. The van der Waals surface area contributed by atoms with Crippen LogP contribution in [0.15, 0.2) is 5.11 Å². The van der Waals surface area contributed by atoms with Gasteiger partial charge in [-0.3, -0.25) is 4.79 Å². The number of fused-ring (bicyclic) bond motifs is 1. The van der Waals surface area contributed by atoms with Crippen LogP contribution in [-0.4, -0.2) is 29.3 Å². The first-order valence-electron chi connectivity index (χ1n) is 4.14. The molecule has 1 aliphatic carbocycles. The van der Waals surface area contributed by atoms with Crippen LogP contribution in [0.2, 0.25) is 0 Å². The summed E-state index contributed by atoms with van der Waals surface area (Å²) in [6.45, 7) is 0. The smallest absolute Gasteiger partial charge is 0.306 e. The fourth-order valence-corrected chi connectivity index (χ4v) is 2.08. The monoisotopic (exact) mass is 183 g/mol. The Bertz CT molecular complexity index is 287. The normalized spacial score (nSPS) is 42.4. The van der Waals surface area contributed by atoms with E-state index in [4.69, 9.17) is 10.3 Å². The molecule has 2 aliphatic rings. The summed E-state index contributed by atoms with van der Waals surface area (Å²) in [7, 11) is 0. The van der Waals surface area contributed by atoms with E-state index < -0.39 is 12.1 Å². The highest BCUT2D eigenvalue weighted by molar-refractivity contribution is 5.72. The molecule has 0 spiro atoms. The van der Waals surface area contributed by atoms with Crippen LogP contribution in [0.5, 0.6) is 0 Å². The molecular weight excluding hydrogens is 174 g/mol. The van der Waals surface area contributed by atoms with Gasteiger partial charge in [-0.2, -0.15) is 0 Å². The summed E-state index contributed by atoms with van der Waals surface area (Å²) in [4.78, 5) is 13.5. The number of hydrogen-bond donors (Lipinski definition) is 1. The van der Waals surface area contributed by atoms with Crippen molar-refractivity contribution < 1.29 is 14.6 Å². The fourth-order valence-electron chi connectivity index (χ4n) is 2.08. The highest BCUT2D eigenvalue weighted by Gasteiger charge is 2.49. The number of aliphatic hydroxyl groups excluding tert-OH is 1. The Labute approximate surface area is 74.1 Å². The van der Waals surface area contributed by atoms with Crippen LogP contribution < -0.4 is 0 Å². The number of carbonyl (C=O) groups is 1. The summed E-state index contributed by atoms with van der Waals surface area (Å²) < 4.78 is 4.95. The van der Waals surface area contributed by atoms with Crippen molar-refractivity contribution in [2.24, 2.45) is 11.0 Å². The number of carbonyl (C=O) groups excluding carboxylic acids is 1. The van der Waals surface area contributed by atoms with E-state index in [1.54, 1.807) is 0 Å². The molecule has 1 saturated carbocycles. The van der Waals surface area contributed by atoms with Gasteiger partial charge in [-0.15, -0.1) is 0 Å². The van der Waals surface area contributed by atoms with Crippen LogP contribution in [0.4, 0.5) is 0 Å². The van der Waals surface area contributed by atoms with E-state index in [1.807, 2.05) is 0 Å². The second-order valence-electron chi connectivity index (χ2n) is 3.39. The van der Waals surface area contributed by atoms with Crippen molar-refractivity contribution in [3.05, 3.63) is 10.4 Å². The Morgan fingerprint density at radius 1 is 1.69 bits per heavy atom. The van der Waals surface area contributed by atoms with E-state index in [-0.39, 0.29) is 24.4 Å². The lowest BCUT2D eigenvalue weighted by Crippen LogP contribution is -2.23. The molecule has 1 heterocycles. The standard InChI is InChI=1S/C7H9N3O3/c8-10-9-7-3-1-6(12)13-5(3)2-4(7)11/h3-5,7,11H,1-2H2/t3-,4+,5-,7+/m1/s1. The lowest BCUT2D eigenvalue weighted by molar-refractivity contribution is -0.141. The molecule has 6 nitrogen and oxygen atoms in total. The maximum atomic E-state index is 10.9. The molecule has 0 unspecified atom stereocenters. The summed E-state index contributed by atoms with van der Waals surface area (Å²) in [5.74, 6) is -0.390. The van der Waals surface area contributed by atoms with Crippen LogP contribution in [-0.2, 0) is 9.53 Å². The molecule has 1 saturated heterocycles. The maximum Gasteiger partial charge on any atom is 0.306 e. The summed E-state index contributed by atoms with van der Waals surface area (Å²) in [6.07, 6.45) is -0.275. The molecule has 1 N–H and O–H groups in total. The minimum atomic E-state index is -0.668. The lowest BCUT2D eigenvalue weighted by atomic mass is 10.0. The first-order valence-corrected chi connectivity index (χ1v) is 4.14. The number of hydrogen-bond acceptors (Lipinski definition) is 4. The van der Waals surface area contributed by atoms with E-state index in [2.05, 4.69) is 10.0 Å². The minimum Gasteiger partial charge on any atom is -0.462 e. The maximum absolute atomic E-state index is 10.9. The quantitative estimate of drug-likeness (QED) is 0.275. The van der Waals surface area contributed by atoms with Gasteiger partial charge < -0.3 is 9.84 Å². The molecule has 4 atom stereocenters. The minimum absolute atomic E-state index is 0.126. The lowest BCUT2D eigenvalue weighted by Gasteiger charge is -2.11. The molecule has 13 heavy (non-hydrogen) atoms. The van der Waals surface area contributed by atoms with Crippen LogP contribution in [0.1, 0.15) is 12.8 Å². The highest BCUT2D eigenvalue weighted by atomic mass is 16.6. The third kappa shape index (κ3) is 1.24. The molecule has 0 bridgehead atoms. The van der Waals surface area contributed by atoms with Crippen molar-refractivity contribution in [2.45, 2.75) is 31.1 Å². The molecule has 70 valence electrons. The Balaban J connectivity index is 2.18. The second kappa shape index (κ2) is 2.90. The van der Waals surface area contributed by atoms with Crippen LogP contribution in [0.3, 0.4) is 0 Å². The second-order valence-corrected chi connectivity index (χ2v) is 3.39. The predicted molar refractivity (Wildman–Crippen MR) is 41.5 cm³/mol. The number of rotatable bonds is 1. The summed E-state index contributed by atoms with van der Waals surface area (Å²) >= 11 is 0. The van der Waals surface area contributed by atoms with Gasteiger partial charge in [-0.25, -0.2) is 0 Å². The number of aliphatic hydroxyl groups is 1. The summed E-state index contributed by atoms with van der Waals surface area (Å²) in [6, 6.07) is -0.499. The number of azide groups is 1. The van der Waals surface area contributed by atoms with Gasteiger partial charge in [0.1, 0.15) is 6.10 Å². The Morgan fingerprint density at radius 3 is 3.15 bits per heavy atom. The van der Waals surface area contributed by atoms with E-state index >= 15 is 0 Å². The van der Waals surface area contributed by atoms with Gasteiger partial charge in [0.15, 0.2) is 0 Å². The van der Waals surface area contributed by atoms with Gasteiger partial charge in [-0.1, -0.05) is 5.11 Å². The van der Waals surface area contributed by atoms with E-state index in [0.717, 1.165) is 0 Å². The van der Waals surface area contributed by atoms with E-state index in [9.17, 15) is 9.90 Å². The first-order chi connectivity index (χ1) is 6.22. The van der Waals surface area contributed by atoms with Gasteiger partial charge >= 0.3 is 5.97 Å². The summed E-state index contributed by atoms with van der Waals surface area (Å²) in [5.41, 5.74) is 8.25. The molecule has 6 heteroatoms. The Hall–Kier alpha value is -1.26. The van der Waals surface area contributed by atoms with Gasteiger partial charge in [0.2, 0.25) is 0 Å². The zero-order valence-electron chi connectivity index (χ0n) is 6.83. The zero-order chi connectivity index (χ0) is 9.42. The number of ether oxygens (including phenoxy) is 1. The van der Waals surface area contributed by atoms with Crippen molar-refractivity contribution in [3.8, 4) is 0 Å². The largest absolute Gasteiger partial charge is 0.462 e. The summed E-state index contributed by atoms with van der Waals surface area (Å²) in [5, 5.41) is 12.9. The SMILES string of the molecule is [N-]=[N+]=N[C@H]1[C@@H]2CC(=O)O[C@@H]2C[C@@H]1O. The van der Waals surface area contributed by atoms with Crippen molar-refractivity contribution in [2.75, 3.05) is 0 Å².